The number of nitrogens with two attached hydrogens (primary N) is 1. The molecule has 1 fully saturated rings. The van der Waals surface area contributed by atoms with Crippen molar-refractivity contribution in [3.63, 3.8) is 0 Å². The molecule has 22 heavy (non-hydrogen) atoms. The van der Waals surface area contributed by atoms with Crippen LogP contribution < -0.4 is 15.2 Å². The summed E-state index contributed by atoms with van der Waals surface area (Å²) in [7, 11) is 1.12. The molecule has 0 radical (unpaired) electrons. The molecule has 1 saturated heterocycles. The smallest absolute Gasteiger partial charge is 0.480 e. The van der Waals surface area contributed by atoms with E-state index in [4.69, 9.17) is 24.5 Å². The van der Waals surface area contributed by atoms with Crippen LogP contribution in [0.2, 0.25) is 0 Å². The highest BCUT2D eigenvalue weighted by molar-refractivity contribution is 6.47. The van der Waals surface area contributed by atoms with Gasteiger partial charge >= 0.3 is 7.12 Å². The topological polar surface area (TPSA) is 62.9 Å². The van der Waals surface area contributed by atoms with E-state index in [0.29, 0.717) is 18.1 Å². The Bertz CT molecular complexity index is 517. The van der Waals surface area contributed by atoms with E-state index < -0.39 is 24.3 Å². The molecule has 0 aliphatic carbocycles. The molecule has 0 aromatic heterocycles. The first kappa shape index (κ1) is 17.1. The Morgan fingerprint density at radius 2 is 1.73 bits per heavy atom. The number of methoxy groups -OCH3 is 1. The summed E-state index contributed by atoms with van der Waals surface area (Å²) in [4.78, 5) is 0. The highest BCUT2D eigenvalue weighted by Gasteiger charge is 2.53. The van der Waals surface area contributed by atoms with Crippen molar-refractivity contribution in [1.29, 1.82) is 0 Å². The Morgan fingerprint density at radius 1 is 1.14 bits per heavy atom. The summed E-state index contributed by atoms with van der Waals surface area (Å²) in [5.74, 6) is 0.965. The third-order valence-corrected chi connectivity index (χ3v) is 4.44. The minimum absolute atomic E-state index is 0.397. The second-order valence-corrected chi connectivity index (χ2v) is 6.49. The molecule has 0 bridgehead atoms. The van der Waals surface area contributed by atoms with Gasteiger partial charge < -0.3 is 24.5 Å². The van der Waals surface area contributed by atoms with Crippen LogP contribution in [0.4, 0.5) is 0 Å². The van der Waals surface area contributed by atoms with Crippen molar-refractivity contribution < 1.29 is 18.8 Å². The standard InChI is InChI=1S/C16H26BNO4/c1-7-20-13-10-11(8-9-12(13)19-6)14(18)17-21-15(2,3)16(4,5)22-17/h8-10,14H,7,18H2,1-6H3/t14-/m0/s1. The van der Waals surface area contributed by atoms with E-state index in [2.05, 4.69) is 0 Å². The fourth-order valence-electron chi connectivity index (χ4n) is 2.36. The molecular weight excluding hydrogens is 281 g/mol. The van der Waals surface area contributed by atoms with Crippen LogP contribution in [0.15, 0.2) is 18.2 Å². The average Bonchev–Trinajstić information content (AvgIpc) is 2.67. The Hall–Kier alpha value is -1.24. The van der Waals surface area contributed by atoms with Crippen molar-refractivity contribution in [1.82, 2.24) is 0 Å². The summed E-state index contributed by atoms with van der Waals surface area (Å²) in [6.45, 7) is 10.5. The van der Waals surface area contributed by atoms with Crippen molar-refractivity contribution in [2.45, 2.75) is 51.8 Å². The van der Waals surface area contributed by atoms with Gasteiger partial charge in [-0.3, -0.25) is 0 Å². The Balaban J connectivity index is 2.23. The number of benzene rings is 1. The molecule has 2 N–H and O–H groups in total. The molecule has 6 heteroatoms. The number of rotatable bonds is 5. The van der Waals surface area contributed by atoms with Crippen LogP contribution >= 0.6 is 0 Å². The summed E-state index contributed by atoms with van der Waals surface area (Å²) in [5.41, 5.74) is 6.45. The Kier molecular flexibility index (Phi) is 4.75. The van der Waals surface area contributed by atoms with E-state index in [1.165, 1.54) is 0 Å². The lowest BCUT2D eigenvalue weighted by Crippen LogP contribution is -2.41. The molecule has 1 heterocycles. The van der Waals surface area contributed by atoms with Gasteiger partial charge in [0.25, 0.3) is 0 Å². The first-order chi connectivity index (χ1) is 10.2. The molecule has 0 saturated carbocycles. The summed E-state index contributed by atoms with van der Waals surface area (Å²) < 4.78 is 22.9. The molecule has 1 aliphatic heterocycles. The summed E-state index contributed by atoms with van der Waals surface area (Å²) in [6, 6.07) is 5.65. The van der Waals surface area contributed by atoms with Crippen LogP contribution in [0.3, 0.4) is 0 Å². The molecule has 0 unspecified atom stereocenters. The van der Waals surface area contributed by atoms with Gasteiger partial charge in [0, 0.05) is 0 Å². The molecule has 122 valence electrons. The molecule has 1 aliphatic rings. The predicted octanol–water partition coefficient (Wildman–Crippen LogP) is 2.73. The largest absolute Gasteiger partial charge is 0.493 e. The van der Waals surface area contributed by atoms with Gasteiger partial charge in [-0.25, -0.2) is 0 Å². The Morgan fingerprint density at radius 3 is 2.23 bits per heavy atom. The molecular formula is C16H26BNO4. The van der Waals surface area contributed by atoms with Gasteiger partial charge in [-0.15, -0.1) is 0 Å². The van der Waals surface area contributed by atoms with Gasteiger partial charge in [0.2, 0.25) is 0 Å². The first-order valence-corrected chi connectivity index (χ1v) is 7.64. The fraction of sp³-hybridized carbons (Fsp3) is 0.625. The summed E-state index contributed by atoms with van der Waals surface area (Å²) in [5, 5.41) is 0. The van der Waals surface area contributed by atoms with E-state index >= 15 is 0 Å². The van der Waals surface area contributed by atoms with Gasteiger partial charge in [0.15, 0.2) is 11.5 Å². The second-order valence-electron chi connectivity index (χ2n) is 6.49. The molecule has 0 amide bonds. The normalized spacial score (nSPS) is 20.8. The maximum Gasteiger partial charge on any atom is 0.480 e. The maximum absolute atomic E-state index is 6.35. The summed E-state index contributed by atoms with van der Waals surface area (Å²) >= 11 is 0. The number of hydrogen-bond donors (Lipinski definition) is 1. The van der Waals surface area contributed by atoms with E-state index in [1.807, 2.05) is 52.8 Å². The van der Waals surface area contributed by atoms with Crippen LogP contribution in [0.25, 0.3) is 0 Å². The maximum atomic E-state index is 6.35. The van der Waals surface area contributed by atoms with E-state index in [0.717, 1.165) is 5.56 Å². The highest BCUT2D eigenvalue weighted by Crippen LogP contribution is 2.40. The second kappa shape index (κ2) is 6.10. The third-order valence-electron chi connectivity index (χ3n) is 4.44. The van der Waals surface area contributed by atoms with Gasteiger partial charge in [-0.1, -0.05) is 6.07 Å². The lowest BCUT2D eigenvalue weighted by Gasteiger charge is -2.32. The van der Waals surface area contributed by atoms with Gasteiger partial charge in [-0.05, 0) is 52.3 Å². The zero-order valence-electron chi connectivity index (χ0n) is 14.3. The van der Waals surface area contributed by atoms with E-state index in [9.17, 15) is 0 Å². The predicted molar refractivity (Wildman–Crippen MR) is 87.2 cm³/mol. The fourth-order valence-corrected chi connectivity index (χ4v) is 2.36. The van der Waals surface area contributed by atoms with Crippen molar-refractivity contribution in [3.8, 4) is 11.5 Å². The quantitative estimate of drug-likeness (QED) is 0.847. The first-order valence-electron chi connectivity index (χ1n) is 7.64. The lowest BCUT2D eigenvalue weighted by molar-refractivity contribution is 0.00578. The minimum atomic E-state index is -0.493. The highest BCUT2D eigenvalue weighted by atomic mass is 16.7. The zero-order chi connectivity index (χ0) is 16.5. The van der Waals surface area contributed by atoms with Crippen LogP contribution in [0.1, 0.15) is 46.1 Å². The van der Waals surface area contributed by atoms with Gasteiger partial charge in [0.05, 0.1) is 30.9 Å². The average molecular weight is 307 g/mol. The van der Waals surface area contributed by atoms with Crippen molar-refractivity contribution in [3.05, 3.63) is 23.8 Å². The number of ether oxygens (including phenoxy) is 2. The molecule has 5 nitrogen and oxygen atoms in total. The van der Waals surface area contributed by atoms with E-state index in [-0.39, 0.29) is 0 Å². The van der Waals surface area contributed by atoms with Crippen molar-refractivity contribution in [2.75, 3.05) is 13.7 Å². The van der Waals surface area contributed by atoms with E-state index in [1.54, 1.807) is 7.11 Å². The minimum Gasteiger partial charge on any atom is -0.493 e. The number of hydrogen-bond acceptors (Lipinski definition) is 5. The van der Waals surface area contributed by atoms with Gasteiger partial charge in [0.1, 0.15) is 0 Å². The zero-order valence-corrected chi connectivity index (χ0v) is 14.3. The van der Waals surface area contributed by atoms with Crippen molar-refractivity contribution in [2.24, 2.45) is 5.73 Å². The van der Waals surface area contributed by atoms with Crippen LogP contribution in [-0.4, -0.2) is 32.0 Å². The molecule has 1 atom stereocenters. The molecule has 1 aromatic carbocycles. The third kappa shape index (κ3) is 3.09. The van der Waals surface area contributed by atoms with Crippen LogP contribution in [-0.2, 0) is 9.31 Å². The molecule has 1 aromatic rings. The van der Waals surface area contributed by atoms with Crippen LogP contribution in [0, 0.1) is 0 Å². The lowest BCUT2D eigenvalue weighted by atomic mass is 9.75. The van der Waals surface area contributed by atoms with Crippen molar-refractivity contribution >= 4 is 7.12 Å². The molecule has 0 spiro atoms. The van der Waals surface area contributed by atoms with Gasteiger partial charge in [-0.2, -0.15) is 0 Å². The molecule has 2 rings (SSSR count). The van der Waals surface area contributed by atoms with Crippen LogP contribution in [0.5, 0.6) is 11.5 Å². The Labute approximate surface area is 133 Å². The monoisotopic (exact) mass is 307 g/mol. The summed E-state index contributed by atoms with van der Waals surface area (Å²) in [6.07, 6.45) is 0. The SMILES string of the molecule is CCOc1cc([C@H](N)B2OC(C)(C)C(C)(C)O2)ccc1OC.